The minimum Gasteiger partial charge on any atom is -0.229 e. The molecular weight excluding hydrogens is 251 g/mol. The van der Waals surface area contributed by atoms with Crippen LogP contribution in [0.25, 0.3) is 0 Å². The molecule has 1 fully saturated rings. The van der Waals surface area contributed by atoms with Crippen molar-refractivity contribution in [3.63, 3.8) is 0 Å². The summed E-state index contributed by atoms with van der Waals surface area (Å²) in [5.41, 5.74) is 1.00. The third-order valence-electron chi connectivity index (χ3n) is 3.90. The maximum Gasteiger partial charge on any atom is 0.152 e. The molecule has 0 radical (unpaired) electrons. The second-order valence-electron chi connectivity index (χ2n) is 4.98. The largest absolute Gasteiger partial charge is 0.229 e. The molecule has 1 aliphatic rings. The molecule has 0 saturated heterocycles. The van der Waals surface area contributed by atoms with E-state index in [9.17, 15) is 12.8 Å². The molecule has 0 unspecified atom stereocenters. The number of benzene rings is 1. The van der Waals surface area contributed by atoms with Crippen molar-refractivity contribution >= 4 is 9.84 Å². The summed E-state index contributed by atoms with van der Waals surface area (Å²) in [6.07, 6.45) is 3.09. The van der Waals surface area contributed by atoms with E-state index in [1.807, 2.05) is 6.07 Å². The van der Waals surface area contributed by atoms with E-state index >= 15 is 0 Å². The van der Waals surface area contributed by atoms with E-state index in [4.69, 9.17) is 0 Å². The normalized spacial score (nSPS) is 25.0. The van der Waals surface area contributed by atoms with Gasteiger partial charge in [0.25, 0.3) is 0 Å². The van der Waals surface area contributed by atoms with Crippen LogP contribution >= 0.6 is 0 Å². The van der Waals surface area contributed by atoms with Crippen LogP contribution in [0.2, 0.25) is 0 Å². The SMILES string of the molecule is CCS(=O)(=O)C1CCC(c2cccc(F)c2)CC1. The molecule has 2 nitrogen and oxygen atoms in total. The molecule has 0 atom stereocenters. The van der Waals surface area contributed by atoms with Crippen molar-refractivity contribution in [2.75, 3.05) is 5.75 Å². The third-order valence-corrected chi connectivity index (χ3v) is 6.20. The van der Waals surface area contributed by atoms with E-state index in [1.165, 1.54) is 6.07 Å². The van der Waals surface area contributed by atoms with E-state index in [1.54, 1.807) is 19.1 Å². The molecule has 0 spiro atoms. The summed E-state index contributed by atoms with van der Waals surface area (Å²) in [5.74, 6) is 0.322. The van der Waals surface area contributed by atoms with Crippen LogP contribution < -0.4 is 0 Å². The van der Waals surface area contributed by atoms with Gasteiger partial charge in [-0.25, -0.2) is 12.8 Å². The van der Waals surface area contributed by atoms with Crippen molar-refractivity contribution in [1.82, 2.24) is 0 Å². The number of hydrogen-bond donors (Lipinski definition) is 0. The fourth-order valence-electron chi connectivity index (χ4n) is 2.75. The zero-order chi connectivity index (χ0) is 13.2. The fraction of sp³-hybridized carbons (Fsp3) is 0.571. The Bertz CT molecular complexity index is 502. The van der Waals surface area contributed by atoms with Crippen LogP contribution in [0.3, 0.4) is 0 Å². The predicted octanol–water partition coefficient (Wildman–Crippen LogP) is 3.29. The van der Waals surface area contributed by atoms with Gasteiger partial charge >= 0.3 is 0 Å². The van der Waals surface area contributed by atoms with Crippen LogP contribution in [0.4, 0.5) is 4.39 Å². The highest BCUT2D eigenvalue weighted by Gasteiger charge is 2.30. The van der Waals surface area contributed by atoms with Crippen molar-refractivity contribution in [2.45, 2.75) is 43.8 Å². The highest BCUT2D eigenvalue weighted by Crippen LogP contribution is 2.35. The molecule has 0 amide bonds. The van der Waals surface area contributed by atoms with E-state index in [-0.39, 0.29) is 16.8 Å². The molecule has 2 rings (SSSR count). The Labute approximate surface area is 108 Å². The Morgan fingerprint density at radius 3 is 2.44 bits per heavy atom. The summed E-state index contributed by atoms with van der Waals surface area (Å²) in [6.45, 7) is 1.70. The lowest BCUT2D eigenvalue weighted by molar-refractivity contribution is 0.434. The molecular formula is C14H19FO2S. The van der Waals surface area contributed by atoms with Gasteiger partial charge in [0.15, 0.2) is 9.84 Å². The van der Waals surface area contributed by atoms with Crippen LogP contribution in [0.5, 0.6) is 0 Å². The Kier molecular flexibility index (Phi) is 4.05. The molecule has 1 aromatic rings. The predicted molar refractivity (Wildman–Crippen MR) is 70.9 cm³/mol. The maximum absolute atomic E-state index is 13.1. The number of hydrogen-bond acceptors (Lipinski definition) is 2. The van der Waals surface area contributed by atoms with Gasteiger partial charge in [-0.05, 0) is 49.3 Å². The Morgan fingerprint density at radius 2 is 1.89 bits per heavy atom. The summed E-state index contributed by atoms with van der Waals surface area (Å²) in [5, 5.41) is -0.188. The lowest BCUT2D eigenvalue weighted by Gasteiger charge is -2.28. The lowest BCUT2D eigenvalue weighted by Crippen LogP contribution is -2.27. The first-order valence-electron chi connectivity index (χ1n) is 6.50. The van der Waals surface area contributed by atoms with Crippen LogP contribution in [-0.2, 0) is 9.84 Å². The highest BCUT2D eigenvalue weighted by atomic mass is 32.2. The topological polar surface area (TPSA) is 34.1 Å². The van der Waals surface area contributed by atoms with Crippen LogP contribution in [0.15, 0.2) is 24.3 Å². The monoisotopic (exact) mass is 270 g/mol. The molecule has 0 aliphatic heterocycles. The molecule has 1 aromatic carbocycles. The zero-order valence-corrected chi connectivity index (χ0v) is 11.4. The van der Waals surface area contributed by atoms with Crippen molar-refractivity contribution in [1.29, 1.82) is 0 Å². The average Bonchev–Trinajstić information content (AvgIpc) is 2.39. The first-order chi connectivity index (χ1) is 8.53. The molecule has 0 N–H and O–H groups in total. The average molecular weight is 270 g/mol. The zero-order valence-electron chi connectivity index (χ0n) is 10.6. The molecule has 100 valence electrons. The third kappa shape index (κ3) is 2.91. The van der Waals surface area contributed by atoms with Gasteiger partial charge in [0.1, 0.15) is 5.82 Å². The van der Waals surface area contributed by atoms with Gasteiger partial charge < -0.3 is 0 Å². The quantitative estimate of drug-likeness (QED) is 0.844. The van der Waals surface area contributed by atoms with E-state index < -0.39 is 9.84 Å². The van der Waals surface area contributed by atoms with E-state index in [0.29, 0.717) is 18.8 Å². The van der Waals surface area contributed by atoms with Crippen LogP contribution in [0.1, 0.15) is 44.1 Å². The minimum atomic E-state index is -2.91. The van der Waals surface area contributed by atoms with E-state index in [2.05, 4.69) is 0 Å². The smallest absolute Gasteiger partial charge is 0.152 e. The first kappa shape index (κ1) is 13.5. The molecule has 0 bridgehead atoms. The molecule has 0 heterocycles. The van der Waals surface area contributed by atoms with Crippen molar-refractivity contribution in [3.05, 3.63) is 35.6 Å². The Balaban J connectivity index is 2.03. The van der Waals surface area contributed by atoms with Crippen molar-refractivity contribution in [2.24, 2.45) is 0 Å². The summed E-state index contributed by atoms with van der Waals surface area (Å²) in [7, 11) is -2.91. The van der Waals surface area contributed by atoms with Crippen LogP contribution in [0, 0.1) is 5.82 Å². The number of sulfone groups is 1. The highest BCUT2D eigenvalue weighted by molar-refractivity contribution is 7.92. The minimum absolute atomic E-state index is 0.188. The molecule has 18 heavy (non-hydrogen) atoms. The molecule has 4 heteroatoms. The van der Waals surface area contributed by atoms with Crippen molar-refractivity contribution in [3.8, 4) is 0 Å². The summed E-state index contributed by atoms with van der Waals surface area (Å²) >= 11 is 0. The maximum atomic E-state index is 13.1. The fourth-order valence-corrected chi connectivity index (χ4v) is 4.21. The van der Waals surface area contributed by atoms with Gasteiger partial charge in [0, 0.05) is 5.75 Å². The van der Waals surface area contributed by atoms with Crippen molar-refractivity contribution < 1.29 is 12.8 Å². The summed E-state index contributed by atoms with van der Waals surface area (Å²) in [6, 6.07) is 6.66. The summed E-state index contributed by atoms with van der Waals surface area (Å²) < 4.78 is 36.7. The van der Waals surface area contributed by atoms with Gasteiger partial charge in [0.05, 0.1) is 5.25 Å². The molecule has 1 saturated carbocycles. The van der Waals surface area contributed by atoms with Crippen LogP contribution in [-0.4, -0.2) is 19.4 Å². The van der Waals surface area contributed by atoms with Gasteiger partial charge in [-0.15, -0.1) is 0 Å². The van der Waals surface area contributed by atoms with Gasteiger partial charge in [-0.2, -0.15) is 0 Å². The number of rotatable bonds is 3. The first-order valence-corrected chi connectivity index (χ1v) is 8.21. The van der Waals surface area contributed by atoms with E-state index in [0.717, 1.165) is 18.4 Å². The lowest BCUT2D eigenvalue weighted by atomic mass is 9.84. The number of halogens is 1. The van der Waals surface area contributed by atoms with Gasteiger partial charge in [-0.3, -0.25) is 0 Å². The molecule has 0 aromatic heterocycles. The molecule has 1 aliphatic carbocycles. The van der Waals surface area contributed by atoms with Gasteiger partial charge in [-0.1, -0.05) is 19.1 Å². The summed E-state index contributed by atoms with van der Waals surface area (Å²) in [4.78, 5) is 0. The Morgan fingerprint density at radius 1 is 1.22 bits per heavy atom. The van der Waals surface area contributed by atoms with Gasteiger partial charge in [0.2, 0.25) is 0 Å². The second-order valence-corrected chi connectivity index (χ2v) is 7.55. The second kappa shape index (κ2) is 5.39. The standard InChI is InChI=1S/C14H19FO2S/c1-2-18(16,17)14-8-6-11(7-9-14)12-4-3-5-13(15)10-12/h3-5,10-11,14H,2,6-9H2,1H3. The Hall–Kier alpha value is -0.900.